The first-order chi connectivity index (χ1) is 14.0. The van der Waals surface area contributed by atoms with Gasteiger partial charge in [-0.2, -0.15) is 19.6 Å². The number of aliphatic imine (C=N–C) groups is 1. The van der Waals surface area contributed by atoms with E-state index >= 15 is 0 Å². The number of carbonyl (C=O) groups is 1. The molecule has 4 heterocycles. The predicted octanol–water partition coefficient (Wildman–Crippen LogP) is 0.0357. The second-order valence-electron chi connectivity index (χ2n) is 7.79. The lowest BCUT2D eigenvalue weighted by Crippen LogP contribution is -2.39. The Bertz CT molecular complexity index is 976. The van der Waals surface area contributed by atoms with Crippen molar-refractivity contribution in [2.45, 2.75) is 57.0 Å². The maximum Gasteiger partial charge on any atom is 0.322 e. The van der Waals surface area contributed by atoms with Crippen molar-refractivity contribution < 1.29 is 19.4 Å². The Kier molecular flexibility index (Phi) is 4.36. The average Bonchev–Trinajstić information content (AvgIpc) is 3.33. The molecule has 2 fully saturated rings. The van der Waals surface area contributed by atoms with Crippen LogP contribution < -0.4 is 15.4 Å². The third kappa shape index (κ3) is 3.87. The average molecular weight is 401 g/mol. The van der Waals surface area contributed by atoms with Crippen LogP contribution in [0.5, 0.6) is 6.01 Å². The topological polar surface area (TPSA) is 135 Å². The molecule has 0 aromatic carbocycles. The lowest BCUT2D eigenvalue weighted by atomic mass is 10.1. The van der Waals surface area contributed by atoms with Crippen LogP contribution in [0.4, 0.5) is 5.95 Å². The lowest BCUT2D eigenvalue weighted by molar-refractivity contribution is -0.118. The second-order valence-corrected chi connectivity index (χ2v) is 7.79. The number of carbonyl (C=O) groups excluding carboxylic acids is 1. The molecule has 3 aliphatic rings. The highest BCUT2D eigenvalue weighted by Crippen LogP contribution is 2.26. The van der Waals surface area contributed by atoms with E-state index in [2.05, 4.69) is 30.7 Å². The predicted molar refractivity (Wildman–Crippen MR) is 102 cm³/mol. The third-order valence-corrected chi connectivity index (χ3v) is 5.09. The van der Waals surface area contributed by atoms with Crippen molar-refractivity contribution in [2.24, 2.45) is 4.99 Å². The van der Waals surface area contributed by atoms with Crippen molar-refractivity contribution in [1.29, 1.82) is 0 Å². The van der Waals surface area contributed by atoms with Gasteiger partial charge in [0.1, 0.15) is 11.8 Å². The second kappa shape index (κ2) is 6.92. The zero-order chi connectivity index (χ0) is 20.0. The maximum atomic E-state index is 12.1. The first kappa shape index (κ1) is 18.3. The monoisotopic (exact) mass is 401 g/mol. The highest BCUT2D eigenvalue weighted by molar-refractivity contribution is 6.41. The molecule has 1 atom stereocenters. The summed E-state index contributed by atoms with van der Waals surface area (Å²) < 4.78 is 13.0. The lowest BCUT2D eigenvalue weighted by Gasteiger charge is -2.22. The van der Waals surface area contributed by atoms with Crippen LogP contribution in [-0.4, -0.2) is 67.5 Å². The number of aromatic nitrogens is 4. The van der Waals surface area contributed by atoms with Gasteiger partial charge in [0.2, 0.25) is 11.8 Å². The van der Waals surface area contributed by atoms with E-state index in [1.54, 1.807) is 10.7 Å². The van der Waals surface area contributed by atoms with E-state index in [4.69, 9.17) is 9.47 Å². The van der Waals surface area contributed by atoms with E-state index < -0.39 is 11.8 Å². The first-order valence-electron chi connectivity index (χ1n) is 9.86. The molecule has 11 heteroatoms. The number of ether oxygens (including phenoxy) is 2. The summed E-state index contributed by atoms with van der Waals surface area (Å²) in [5.41, 5.74) is 1.48. The summed E-state index contributed by atoms with van der Waals surface area (Å²) in [5.74, 6) is -1.42. The zero-order valence-corrected chi connectivity index (χ0v) is 16.1. The number of amides is 1. The molecule has 1 aliphatic carbocycles. The summed E-state index contributed by atoms with van der Waals surface area (Å²) in [5, 5.41) is 20.1. The Morgan fingerprint density at radius 3 is 2.83 bits per heavy atom. The number of rotatable bonds is 6. The van der Waals surface area contributed by atoms with Gasteiger partial charge in [0, 0.05) is 37.8 Å². The molecule has 0 bridgehead atoms. The van der Waals surface area contributed by atoms with Gasteiger partial charge in [-0.3, -0.25) is 4.79 Å². The fraction of sp³-hybridized carbons (Fsp3) is 0.611. The van der Waals surface area contributed by atoms with Crippen molar-refractivity contribution in [3.05, 3.63) is 11.8 Å². The molecule has 11 nitrogen and oxygen atoms in total. The van der Waals surface area contributed by atoms with Gasteiger partial charge in [0.05, 0.1) is 19.4 Å². The van der Waals surface area contributed by atoms with Gasteiger partial charge >= 0.3 is 6.01 Å². The molecule has 0 spiro atoms. The fourth-order valence-electron chi connectivity index (χ4n) is 3.46. The summed E-state index contributed by atoms with van der Waals surface area (Å²) in [7, 11) is 0. The summed E-state index contributed by atoms with van der Waals surface area (Å²) in [6.45, 7) is 2.74. The number of fused-ring (bicyclic) bond motifs is 1. The van der Waals surface area contributed by atoms with E-state index in [9.17, 15) is 9.90 Å². The van der Waals surface area contributed by atoms with Gasteiger partial charge in [0.15, 0.2) is 5.65 Å². The molecule has 1 saturated carbocycles. The number of nitrogens with one attached hydrogen (secondary N) is 2. The first-order valence-corrected chi connectivity index (χ1v) is 9.86. The largest absolute Gasteiger partial charge is 0.460 e. The van der Waals surface area contributed by atoms with Gasteiger partial charge in [-0.25, -0.2) is 4.99 Å². The quantitative estimate of drug-likeness (QED) is 0.617. The number of anilines is 1. The molecule has 1 unspecified atom stereocenters. The van der Waals surface area contributed by atoms with Crippen molar-refractivity contribution in [2.75, 3.05) is 18.5 Å². The van der Waals surface area contributed by atoms with Crippen molar-refractivity contribution in [1.82, 2.24) is 24.9 Å². The molecule has 2 aliphatic heterocycles. The zero-order valence-electron chi connectivity index (χ0n) is 16.1. The standard InChI is InChI=1S/C18H23N7O4/c1-18(27)23-13(15(26)24-18)8-10-9-19-25-14(10)21-17(22-16(25)20-11-2-3-11)29-12-4-6-28-7-5-12/h9,11-12,27H,2-8H2,1H3,(H,24,26)(H,20,21,22). The molecule has 1 saturated heterocycles. The summed E-state index contributed by atoms with van der Waals surface area (Å²) in [6.07, 6.45) is 5.59. The molecule has 2 aromatic rings. The van der Waals surface area contributed by atoms with Crippen LogP contribution in [0.25, 0.3) is 5.65 Å². The van der Waals surface area contributed by atoms with Crippen LogP contribution >= 0.6 is 0 Å². The minimum atomic E-state index is -1.58. The van der Waals surface area contributed by atoms with Crippen LogP contribution in [0, 0.1) is 0 Å². The fourth-order valence-corrected chi connectivity index (χ4v) is 3.46. The van der Waals surface area contributed by atoms with Gasteiger partial charge < -0.3 is 25.2 Å². The van der Waals surface area contributed by atoms with Crippen LogP contribution in [0.1, 0.15) is 38.2 Å². The van der Waals surface area contributed by atoms with Gasteiger partial charge in [-0.1, -0.05) is 0 Å². The Balaban J connectivity index is 1.48. The van der Waals surface area contributed by atoms with Crippen molar-refractivity contribution in [3.63, 3.8) is 0 Å². The molecule has 154 valence electrons. The minimum Gasteiger partial charge on any atom is -0.460 e. The molecule has 29 heavy (non-hydrogen) atoms. The highest BCUT2D eigenvalue weighted by atomic mass is 16.5. The summed E-state index contributed by atoms with van der Waals surface area (Å²) in [4.78, 5) is 25.2. The Morgan fingerprint density at radius 2 is 2.14 bits per heavy atom. The van der Waals surface area contributed by atoms with E-state index in [0.29, 0.717) is 36.4 Å². The van der Waals surface area contributed by atoms with Gasteiger partial charge in [-0.05, 0) is 12.8 Å². The molecular weight excluding hydrogens is 378 g/mol. The number of hydrogen-bond acceptors (Lipinski definition) is 9. The normalized spacial score (nSPS) is 25.2. The van der Waals surface area contributed by atoms with E-state index in [-0.39, 0.29) is 24.2 Å². The van der Waals surface area contributed by atoms with E-state index in [0.717, 1.165) is 25.7 Å². The molecular formula is C18H23N7O4. The summed E-state index contributed by atoms with van der Waals surface area (Å²) in [6, 6.07) is 0.649. The number of nitrogens with zero attached hydrogens (tertiary/aromatic N) is 5. The maximum absolute atomic E-state index is 12.1. The van der Waals surface area contributed by atoms with Crippen LogP contribution in [-0.2, 0) is 16.0 Å². The van der Waals surface area contributed by atoms with Crippen LogP contribution in [0.15, 0.2) is 11.2 Å². The van der Waals surface area contributed by atoms with Gasteiger partial charge in [0.25, 0.3) is 5.91 Å². The van der Waals surface area contributed by atoms with Crippen LogP contribution in [0.3, 0.4) is 0 Å². The Labute approximate surface area is 166 Å². The Hall–Kier alpha value is -2.79. The van der Waals surface area contributed by atoms with Crippen LogP contribution in [0.2, 0.25) is 0 Å². The number of aliphatic hydroxyl groups is 1. The molecule has 0 radical (unpaired) electrons. The van der Waals surface area contributed by atoms with E-state index in [1.807, 2.05) is 0 Å². The van der Waals surface area contributed by atoms with E-state index in [1.165, 1.54) is 6.92 Å². The SMILES string of the molecule is CC1(O)N=C(Cc2cnn3c(NC4CC4)nc(OC4CCOCC4)nc23)C(=O)N1. The van der Waals surface area contributed by atoms with Gasteiger partial charge in [-0.15, -0.1) is 0 Å². The smallest absolute Gasteiger partial charge is 0.322 e. The minimum absolute atomic E-state index is 0.00595. The third-order valence-electron chi connectivity index (χ3n) is 5.09. The molecule has 3 N–H and O–H groups in total. The van der Waals surface area contributed by atoms with Crippen molar-refractivity contribution in [3.8, 4) is 6.01 Å². The Morgan fingerprint density at radius 1 is 1.34 bits per heavy atom. The number of hydrogen-bond donors (Lipinski definition) is 3. The van der Waals surface area contributed by atoms with Crippen molar-refractivity contribution >= 4 is 23.2 Å². The summed E-state index contributed by atoms with van der Waals surface area (Å²) >= 11 is 0. The molecule has 5 rings (SSSR count). The molecule has 2 aromatic heterocycles. The molecule has 1 amide bonds. The highest BCUT2D eigenvalue weighted by Gasteiger charge is 2.33.